The van der Waals surface area contributed by atoms with Crippen LogP contribution in [0.2, 0.25) is 0 Å². The average molecular weight is 1000 g/mol. The number of pyridine rings is 1. The number of rotatable bonds is 21. The van der Waals surface area contributed by atoms with Crippen molar-refractivity contribution in [2.24, 2.45) is 10.9 Å². The van der Waals surface area contributed by atoms with Gasteiger partial charge in [-0.1, -0.05) is 12.1 Å². The van der Waals surface area contributed by atoms with E-state index in [1.54, 1.807) is 38.6 Å². The van der Waals surface area contributed by atoms with Crippen LogP contribution in [0.1, 0.15) is 59.7 Å². The highest BCUT2D eigenvalue weighted by Gasteiger charge is 2.42. The summed E-state index contributed by atoms with van der Waals surface area (Å²) in [5.41, 5.74) is 5.56. The smallest absolute Gasteiger partial charge is 0.249 e. The number of aliphatic imine (C=N–C) groups is 1. The Bertz CT molecular complexity index is 2890. The molecular weight excluding hydrogens is 943 g/mol. The summed E-state index contributed by atoms with van der Waals surface area (Å²) in [6.07, 6.45) is 14.1. The minimum Gasteiger partial charge on any atom is -0.379 e. The second-order valence-corrected chi connectivity index (χ2v) is 19.6. The number of nitrogens with one attached hydrogen (secondary N) is 3. The fourth-order valence-electron chi connectivity index (χ4n) is 9.62. The Morgan fingerprint density at radius 1 is 0.889 bits per heavy atom. The Morgan fingerprint density at radius 2 is 1.69 bits per heavy atom. The van der Waals surface area contributed by atoms with Gasteiger partial charge in [0.1, 0.15) is 29.4 Å². The van der Waals surface area contributed by atoms with Gasteiger partial charge in [0, 0.05) is 89.6 Å². The number of amides is 2. The molecule has 0 bridgehead atoms. The second kappa shape index (κ2) is 23.4. The Balaban J connectivity index is 0.696. The zero-order chi connectivity index (χ0) is 50.1. The number of benzene rings is 2. The number of likely N-dealkylation sites (N-methyl/N-ethyl adjacent to an activating group) is 1. The number of carbonyl (C=O) groups excluding carboxylic acids is 4. The summed E-state index contributed by atoms with van der Waals surface area (Å²) >= 11 is 1.49. The molecule has 0 spiro atoms. The number of hydrogen-bond acceptors (Lipinski definition) is 12. The van der Waals surface area contributed by atoms with Crippen molar-refractivity contribution in [3.05, 3.63) is 121 Å². The number of fused-ring (bicyclic) bond motifs is 1. The molecule has 0 aliphatic carbocycles. The number of halogens is 2. The largest absolute Gasteiger partial charge is 0.379 e. The van der Waals surface area contributed by atoms with E-state index in [4.69, 9.17) is 14.5 Å². The molecule has 3 aliphatic heterocycles. The van der Waals surface area contributed by atoms with Crippen LogP contribution in [0.15, 0.2) is 103 Å². The molecule has 4 atom stereocenters. The van der Waals surface area contributed by atoms with Gasteiger partial charge in [-0.25, -0.2) is 18.4 Å². The quantitative estimate of drug-likeness (QED) is 0.0531. The minimum atomic E-state index is -0.700. The van der Waals surface area contributed by atoms with E-state index < -0.39 is 23.9 Å². The Hall–Kier alpha value is -6.38. The highest BCUT2D eigenvalue weighted by molar-refractivity contribution is 8.14. The zero-order valence-corrected chi connectivity index (χ0v) is 41.3. The predicted octanol–water partition coefficient (Wildman–Crippen LogP) is 6.48. The van der Waals surface area contributed by atoms with Crippen molar-refractivity contribution in [1.82, 2.24) is 44.7 Å². The highest BCUT2D eigenvalue weighted by Crippen LogP contribution is 2.34. The van der Waals surface area contributed by atoms with Gasteiger partial charge in [-0.2, -0.15) is 5.10 Å². The molecule has 72 heavy (non-hydrogen) atoms. The molecule has 19 heteroatoms. The first-order chi connectivity index (χ1) is 35.0. The summed E-state index contributed by atoms with van der Waals surface area (Å²) in [5.74, 6) is -0.992. The van der Waals surface area contributed by atoms with E-state index >= 15 is 0 Å². The lowest BCUT2D eigenvalue weighted by Gasteiger charge is -2.38. The number of ketones is 1. The predicted molar refractivity (Wildman–Crippen MR) is 272 cm³/mol. The molecule has 2 amide bonds. The van der Waals surface area contributed by atoms with E-state index in [-0.39, 0.29) is 54.3 Å². The first-order valence-electron chi connectivity index (χ1n) is 24.6. The number of likely N-dealkylation sites (tertiary alicyclic amines) is 2. The number of carbonyl (C=O) groups is 4. The van der Waals surface area contributed by atoms with Gasteiger partial charge in [-0.05, 0) is 113 Å². The van der Waals surface area contributed by atoms with Gasteiger partial charge in [0.15, 0.2) is 5.78 Å². The molecule has 6 aromatic rings. The summed E-state index contributed by atoms with van der Waals surface area (Å²) in [6.45, 7) is 6.48. The molecule has 4 aromatic heterocycles. The fraction of sp³-hybridized carbons (Fsp3) is 0.415. The van der Waals surface area contributed by atoms with Crippen molar-refractivity contribution in [3.8, 4) is 22.3 Å². The van der Waals surface area contributed by atoms with Gasteiger partial charge in [0.05, 0.1) is 56.2 Å². The van der Waals surface area contributed by atoms with Crippen molar-refractivity contribution in [1.29, 1.82) is 0 Å². The number of H-pyrrole nitrogens is 1. The van der Waals surface area contributed by atoms with E-state index in [1.807, 2.05) is 46.3 Å². The average Bonchev–Trinajstić information content (AvgIpc) is 4.27. The number of Topliss-reactive ketones (excluding diaryl/α,β-unsaturated/α-hetero) is 1. The highest BCUT2D eigenvalue weighted by atomic mass is 32.2. The van der Waals surface area contributed by atoms with E-state index in [2.05, 4.69) is 30.6 Å². The molecule has 378 valence electrons. The number of ether oxygens (including phenoxy) is 2. The third-order valence-electron chi connectivity index (χ3n) is 13.8. The molecule has 2 fully saturated rings. The van der Waals surface area contributed by atoms with Gasteiger partial charge < -0.3 is 39.5 Å². The third-order valence-corrected chi connectivity index (χ3v) is 15.0. The van der Waals surface area contributed by atoms with Crippen molar-refractivity contribution in [2.75, 3.05) is 65.4 Å². The number of thioether (sulfide) groups is 1. The topological polar surface area (TPSA) is 181 Å². The van der Waals surface area contributed by atoms with Crippen LogP contribution in [-0.2, 0) is 25.6 Å². The Kier molecular flexibility index (Phi) is 16.5. The van der Waals surface area contributed by atoms with Crippen LogP contribution < -0.4 is 10.6 Å². The monoisotopic (exact) mass is 1000 g/mol. The maximum atomic E-state index is 14.5. The van der Waals surface area contributed by atoms with E-state index in [9.17, 15) is 28.0 Å². The van der Waals surface area contributed by atoms with Gasteiger partial charge in [-0.15, -0.1) is 11.8 Å². The standard InChI is InChI=1S/C53H60F2N10O6S/c1-34(56-2)51(68)61-48(53(69)64-16-4-7-46(64)52-60-45(33-72-52)49(67)37-8-10-41(54)11-9-37)36-12-17-62(18-13-36)20-22-71-24-23-70-21-15-47(66)65-32-40(28-59-65)39-26-43-44(29-58-50(43)57-27-39)38-14-19-63(31-38)30-35-5-3-6-42(55)25-35/h3,5-6,8-11,14,19,25-29,31-32,34,36,45-46,48,56H,4,7,12-13,15-18,20-24,30,33H2,1-2H3,(H,57,58)(H,61,68)/t34-,45?,46-,48-/m0/s1. The van der Waals surface area contributed by atoms with Gasteiger partial charge >= 0.3 is 0 Å². The zero-order valence-electron chi connectivity index (χ0n) is 40.5. The number of hydrogen-bond donors (Lipinski definition) is 3. The molecule has 3 N–H and O–H groups in total. The van der Waals surface area contributed by atoms with Crippen LogP contribution in [0.3, 0.4) is 0 Å². The lowest BCUT2D eigenvalue weighted by Crippen LogP contribution is -2.58. The molecule has 2 aromatic carbocycles. The molecule has 7 heterocycles. The van der Waals surface area contributed by atoms with Gasteiger partial charge in [-0.3, -0.25) is 24.2 Å². The summed E-state index contributed by atoms with van der Waals surface area (Å²) in [7, 11) is 1.71. The van der Waals surface area contributed by atoms with Crippen LogP contribution >= 0.6 is 11.8 Å². The maximum absolute atomic E-state index is 14.5. The van der Waals surface area contributed by atoms with Crippen LogP contribution in [0.4, 0.5) is 8.78 Å². The van der Waals surface area contributed by atoms with E-state index in [0.29, 0.717) is 50.8 Å². The molecule has 16 nitrogen and oxygen atoms in total. The minimum absolute atomic E-state index is 0.0647. The molecular formula is C53H60F2N10O6S. The fourth-order valence-corrected chi connectivity index (χ4v) is 10.8. The molecule has 1 unspecified atom stereocenters. The molecule has 0 saturated carbocycles. The molecule has 3 aliphatic rings. The third kappa shape index (κ3) is 12.1. The number of aromatic amines is 1. The summed E-state index contributed by atoms with van der Waals surface area (Å²) in [6, 6.07) is 14.1. The van der Waals surface area contributed by atoms with Crippen LogP contribution in [0.25, 0.3) is 33.3 Å². The SMILES string of the molecule is CN[C@@H](C)C(=O)N[C@H](C(=O)N1CCC[C@H]1C1=NC(C(=O)c2ccc(F)cc2)CS1)C1CCN(CCOCCOCCC(=O)n2cc(-c3cnc4[nH]cc(-c5ccn(Cc6cccc(F)c6)c5)c4c3)cn2)CC1. The van der Waals surface area contributed by atoms with E-state index in [1.165, 1.54) is 52.8 Å². The lowest BCUT2D eigenvalue weighted by molar-refractivity contribution is -0.138. The van der Waals surface area contributed by atoms with Crippen LogP contribution in [-0.4, -0.2) is 152 Å². The molecule has 9 rings (SSSR count). The van der Waals surface area contributed by atoms with Crippen LogP contribution in [0.5, 0.6) is 0 Å². The number of nitrogens with zero attached hydrogens (tertiary/aromatic N) is 7. The van der Waals surface area contributed by atoms with Gasteiger partial charge in [0.25, 0.3) is 0 Å². The van der Waals surface area contributed by atoms with Crippen molar-refractivity contribution in [3.63, 3.8) is 0 Å². The van der Waals surface area contributed by atoms with Crippen LogP contribution in [0, 0.1) is 17.6 Å². The Morgan fingerprint density at radius 3 is 2.49 bits per heavy atom. The van der Waals surface area contributed by atoms with Crippen molar-refractivity contribution < 1.29 is 37.4 Å². The summed E-state index contributed by atoms with van der Waals surface area (Å²) in [5, 5.41) is 12.1. The lowest BCUT2D eigenvalue weighted by atomic mass is 9.88. The van der Waals surface area contributed by atoms with Crippen molar-refractivity contribution in [2.45, 2.75) is 69.7 Å². The Labute approximate surface area is 420 Å². The number of aromatic nitrogens is 5. The summed E-state index contributed by atoms with van der Waals surface area (Å²) in [4.78, 5) is 70.7. The molecule has 0 radical (unpaired) electrons. The second-order valence-electron chi connectivity index (χ2n) is 18.6. The normalized spacial score (nSPS) is 18.4. The van der Waals surface area contributed by atoms with Gasteiger partial charge in [0.2, 0.25) is 17.7 Å². The first-order valence-corrected chi connectivity index (χ1v) is 25.6. The number of piperidine rings is 1. The van der Waals surface area contributed by atoms with Crippen molar-refractivity contribution >= 4 is 51.3 Å². The maximum Gasteiger partial charge on any atom is 0.249 e. The van der Waals surface area contributed by atoms with E-state index in [0.717, 1.165) is 82.7 Å². The summed E-state index contributed by atoms with van der Waals surface area (Å²) < 4.78 is 42.2. The molecule has 2 saturated heterocycles. The first kappa shape index (κ1) is 50.6.